The zero-order valence-electron chi connectivity index (χ0n) is 5.72. The van der Waals surface area contributed by atoms with E-state index in [4.69, 9.17) is 23.2 Å². The van der Waals surface area contributed by atoms with Gasteiger partial charge in [-0.15, -0.1) is 6.58 Å². The molecule has 0 atom stereocenters. The van der Waals surface area contributed by atoms with Crippen LogP contribution in [0.3, 0.4) is 0 Å². The van der Waals surface area contributed by atoms with E-state index in [-0.39, 0.29) is 5.28 Å². The van der Waals surface area contributed by atoms with Gasteiger partial charge >= 0.3 is 0 Å². The summed E-state index contributed by atoms with van der Waals surface area (Å²) in [6.45, 7) is 3.56. The lowest BCUT2D eigenvalue weighted by Gasteiger charge is -1.97. The van der Waals surface area contributed by atoms with Gasteiger partial charge in [0.15, 0.2) is 0 Å². The Morgan fingerprint density at radius 2 is 2.27 bits per heavy atom. The van der Waals surface area contributed by atoms with Crippen molar-refractivity contribution in [2.75, 3.05) is 0 Å². The Balaban J connectivity index is 3.01. The van der Waals surface area contributed by atoms with Gasteiger partial charge in [-0.25, -0.2) is 9.97 Å². The lowest BCUT2D eigenvalue weighted by Crippen LogP contribution is -1.91. The summed E-state index contributed by atoms with van der Waals surface area (Å²) in [6, 6.07) is 0. The number of allylic oxidation sites excluding steroid dienone is 1. The highest BCUT2D eigenvalue weighted by Crippen LogP contribution is 2.14. The highest BCUT2D eigenvalue weighted by atomic mass is 35.5. The summed E-state index contributed by atoms with van der Waals surface area (Å²) in [4.78, 5) is 7.62. The molecule has 0 saturated heterocycles. The Kier molecular flexibility index (Phi) is 2.85. The molecule has 2 nitrogen and oxygen atoms in total. The van der Waals surface area contributed by atoms with E-state index in [1.807, 2.05) is 0 Å². The fourth-order valence-corrected chi connectivity index (χ4v) is 0.977. The molecule has 0 fully saturated rings. The standard InChI is InChI=1S/C7H6Cl2N2/c1-2-3-6-5(8)4-10-7(9)11-6/h2,4H,1,3H2. The third-order valence-corrected chi connectivity index (χ3v) is 1.62. The average Bonchev–Trinajstić information content (AvgIpc) is 1.98. The molecule has 0 amide bonds. The molecule has 11 heavy (non-hydrogen) atoms. The van der Waals surface area contributed by atoms with Crippen molar-refractivity contribution in [1.29, 1.82) is 0 Å². The van der Waals surface area contributed by atoms with Gasteiger partial charge in [-0.05, 0) is 11.6 Å². The van der Waals surface area contributed by atoms with Gasteiger partial charge in [-0.1, -0.05) is 17.7 Å². The van der Waals surface area contributed by atoms with E-state index >= 15 is 0 Å². The number of halogens is 2. The van der Waals surface area contributed by atoms with Gasteiger partial charge < -0.3 is 0 Å². The van der Waals surface area contributed by atoms with Crippen molar-refractivity contribution in [3.63, 3.8) is 0 Å². The Morgan fingerprint density at radius 1 is 1.55 bits per heavy atom. The molecule has 0 N–H and O–H groups in total. The van der Waals surface area contributed by atoms with Crippen LogP contribution in [0, 0.1) is 0 Å². The topological polar surface area (TPSA) is 25.8 Å². The maximum Gasteiger partial charge on any atom is 0.222 e. The normalized spacial score (nSPS) is 9.64. The van der Waals surface area contributed by atoms with Gasteiger partial charge in [-0.3, -0.25) is 0 Å². The van der Waals surface area contributed by atoms with Gasteiger partial charge in [0.2, 0.25) is 5.28 Å². The molecule has 0 saturated carbocycles. The molecule has 1 heterocycles. The van der Waals surface area contributed by atoms with Crippen LogP contribution >= 0.6 is 23.2 Å². The Hall–Kier alpha value is -0.600. The summed E-state index contributed by atoms with van der Waals surface area (Å²) in [6.07, 6.45) is 3.81. The molecule has 58 valence electrons. The molecule has 1 aromatic heterocycles. The van der Waals surface area contributed by atoms with Crippen molar-refractivity contribution in [2.24, 2.45) is 0 Å². The quantitative estimate of drug-likeness (QED) is 0.527. The molecule has 0 aromatic carbocycles. The molecule has 0 radical (unpaired) electrons. The summed E-state index contributed by atoms with van der Waals surface area (Å²) < 4.78 is 0. The molecule has 0 aliphatic rings. The fourth-order valence-electron chi connectivity index (χ4n) is 0.658. The molecule has 0 unspecified atom stereocenters. The highest BCUT2D eigenvalue weighted by Gasteiger charge is 2.00. The molecule has 1 rings (SSSR count). The summed E-state index contributed by atoms with van der Waals surface area (Å²) >= 11 is 11.3. The summed E-state index contributed by atoms with van der Waals surface area (Å²) in [5, 5.41) is 0.737. The lowest BCUT2D eigenvalue weighted by molar-refractivity contribution is 1.05. The van der Waals surface area contributed by atoms with Crippen molar-refractivity contribution in [2.45, 2.75) is 6.42 Å². The molecule has 1 aromatic rings. The molecule has 0 aliphatic heterocycles. The van der Waals surface area contributed by atoms with Crippen molar-refractivity contribution in [3.05, 3.63) is 34.9 Å². The number of hydrogen-bond acceptors (Lipinski definition) is 2. The van der Waals surface area contributed by atoms with E-state index in [9.17, 15) is 0 Å². The first-order valence-corrected chi connectivity index (χ1v) is 3.77. The molecular weight excluding hydrogens is 183 g/mol. The minimum atomic E-state index is 0.214. The van der Waals surface area contributed by atoms with Gasteiger partial charge in [0.05, 0.1) is 16.9 Å². The molecular formula is C7H6Cl2N2. The van der Waals surface area contributed by atoms with E-state index in [1.54, 1.807) is 6.08 Å². The van der Waals surface area contributed by atoms with Crippen LogP contribution in [0.15, 0.2) is 18.9 Å². The SMILES string of the molecule is C=CCc1nc(Cl)ncc1Cl. The summed E-state index contributed by atoms with van der Waals surface area (Å²) in [5.41, 5.74) is 0.710. The van der Waals surface area contributed by atoms with Crippen molar-refractivity contribution >= 4 is 23.2 Å². The van der Waals surface area contributed by atoms with E-state index < -0.39 is 0 Å². The highest BCUT2D eigenvalue weighted by molar-refractivity contribution is 6.31. The number of rotatable bonds is 2. The van der Waals surface area contributed by atoms with E-state index in [0.29, 0.717) is 17.1 Å². The smallest absolute Gasteiger partial charge is 0.222 e. The predicted molar refractivity (Wildman–Crippen MR) is 46.0 cm³/mol. The van der Waals surface area contributed by atoms with Gasteiger partial charge in [0.1, 0.15) is 0 Å². The van der Waals surface area contributed by atoms with Crippen LogP contribution in [-0.2, 0) is 6.42 Å². The lowest BCUT2D eigenvalue weighted by atomic mass is 10.3. The first-order valence-electron chi connectivity index (χ1n) is 3.02. The van der Waals surface area contributed by atoms with Crippen LogP contribution in [0.4, 0.5) is 0 Å². The Bertz CT molecular complexity index is 273. The van der Waals surface area contributed by atoms with Crippen LogP contribution < -0.4 is 0 Å². The first-order chi connectivity index (χ1) is 5.24. The van der Waals surface area contributed by atoms with Gasteiger partial charge in [0.25, 0.3) is 0 Å². The third-order valence-electron chi connectivity index (χ3n) is 1.13. The van der Waals surface area contributed by atoms with Crippen LogP contribution in [-0.4, -0.2) is 9.97 Å². The van der Waals surface area contributed by atoms with Crippen molar-refractivity contribution in [3.8, 4) is 0 Å². The minimum Gasteiger partial charge on any atom is -0.225 e. The predicted octanol–water partition coefficient (Wildman–Crippen LogP) is 2.51. The van der Waals surface area contributed by atoms with E-state index in [0.717, 1.165) is 0 Å². The maximum atomic E-state index is 5.74. The summed E-state index contributed by atoms with van der Waals surface area (Å²) in [5.74, 6) is 0. The summed E-state index contributed by atoms with van der Waals surface area (Å²) in [7, 11) is 0. The average molecular weight is 189 g/mol. The van der Waals surface area contributed by atoms with Crippen LogP contribution in [0.2, 0.25) is 10.3 Å². The fraction of sp³-hybridized carbons (Fsp3) is 0.143. The minimum absolute atomic E-state index is 0.214. The Labute approximate surface area is 74.9 Å². The Morgan fingerprint density at radius 3 is 2.91 bits per heavy atom. The van der Waals surface area contributed by atoms with Gasteiger partial charge in [0, 0.05) is 6.42 Å². The molecule has 0 bridgehead atoms. The van der Waals surface area contributed by atoms with Crippen molar-refractivity contribution < 1.29 is 0 Å². The van der Waals surface area contributed by atoms with Gasteiger partial charge in [-0.2, -0.15) is 0 Å². The molecule has 0 aliphatic carbocycles. The first kappa shape index (κ1) is 8.50. The largest absolute Gasteiger partial charge is 0.225 e. The van der Waals surface area contributed by atoms with E-state index in [1.165, 1.54) is 6.20 Å². The second kappa shape index (κ2) is 3.69. The monoisotopic (exact) mass is 188 g/mol. The molecule has 0 spiro atoms. The van der Waals surface area contributed by atoms with Crippen molar-refractivity contribution in [1.82, 2.24) is 9.97 Å². The third kappa shape index (κ3) is 2.17. The zero-order chi connectivity index (χ0) is 8.27. The number of hydrogen-bond donors (Lipinski definition) is 0. The van der Waals surface area contributed by atoms with Crippen LogP contribution in [0.25, 0.3) is 0 Å². The number of aromatic nitrogens is 2. The maximum absolute atomic E-state index is 5.74. The zero-order valence-corrected chi connectivity index (χ0v) is 7.23. The second-order valence-electron chi connectivity index (χ2n) is 1.93. The number of nitrogens with zero attached hydrogens (tertiary/aromatic N) is 2. The van der Waals surface area contributed by atoms with Crippen LogP contribution in [0.1, 0.15) is 5.69 Å². The van der Waals surface area contributed by atoms with Crippen LogP contribution in [0.5, 0.6) is 0 Å². The van der Waals surface area contributed by atoms with E-state index in [2.05, 4.69) is 16.5 Å². The second-order valence-corrected chi connectivity index (χ2v) is 2.67. The molecule has 4 heteroatoms.